The lowest BCUT2D eigenvalue weighted by Gasteiger charge is -2.39. The summed E-state index contributed by atoms with van der Waals surface area (Å²) in [6.45, 7) is 2.02. The number of carbonyl (C=O) groups excluding carboxylic acids is 2. The van der Waals surface area contributed by atoms with Gasteiger partial charge in [0.15, 0.2) is 0 Å². The molecule has 2 saturated heterocycles. The Morgan fingerprint density at radius 1 is 1.26 bits per heavy atom. The van der Waals surface area contributed by atoms with Gasteiger partial charge in [-0.15, -0.1) is 0 Å². The Kier molecular flexibility index (Phi) is 2.62. The average Bonchev–Trinajstić information content (AvgIpc) is 2.85. The first-order valence-electron chi connectivity index (χ1n) is 6.57. The normalized spacial score (nSPS) is 31.8. The van der Waals surface area contributed by atoms with Crippen molar-refractivity contribution >= 4 is 11.9 Å². The van der Waals surface area contributed by atoms with Crippen LogP contribution in [0.15, 0.2) is 30.3 Å². The predicted octanol–water partition coefficient (Wildman–Crippen LogP) is 1.85. The number of hydrogen-bond acceptors (Lipinski definition) is 3. The Hall–Kier alpha value is -1.84. The van der Waals surface area contributed by atoms with Gasteiger partial charge in [0.25, 0.3) is 5.91 Å². The first-order valence-corrected chi connectivity index (χ1v) is 6.57. The zero-order valence-electron chi connectivity index (χ0n) is 11.1. The fraction of sp³-hybridized carbons (Fsp3) is 0.467. The molecule has 100 valence electrons. The molecule has 0 aromatic heterocycles. The van der Waals surface area contributed by atoms with Crippen molar-refractivity contribution in [3.8, 4) is 0 Å². The lowest BCUT2D eigenvalue weighted by atomic mass is 9.72. The van der Waals surface area contributed by atoms with Crippen molar-refractivity contribution in [2.75, 3.05) is 7.11 Å². The summed E-state index contributed by atoms with van der Waals surface area (Å²) in [5.74, 6) is 0.0719. The first kappa shape index (κ1) is 12.2. The summed E-state index contributed by atoms with van der Waals surface area (Å²) in [6.07, 6.45) is 1.47. The summed E-state index contributed by atoms with van der Waals surface area (Å²) < 4.78 is 4.91. The SMILES string of the molecule is COC(=O)C12CC(C1)[C@@H](C)N2C(=O)c1ccccc1. The minimum absolute atomic E-state index is 0.0708. The Balaban J connectivity index is 1.95. The van der Waals surface area contributed by atoms with Crippen LogP contribution in [-0.4, -0.2) is 35.5 Å². The van der Waals surface area contributed by atoms with E-state index in [9.17, 15) is 9.59 Å². The molecule has 1 aromatic rings. The van der Waals surface area contributed by atoms with Gasteiger partial charge in [-0.05, 0) is 37.8 Å². The second-order valence-corrected chi connectivity index (χ2v) is 5.47. The number of carbonyl (C=O) groups is 2. The third kappa shape index (κ3) is 1.52. The van der Waals surface area contributed by atoms with Crippen molar-refractivity contribution in [2.45, 2.75) is 31.3 Å². The van der Waals surface area contributed by atoms with E-state index >= 15 is 0 Å². The molecule has 0 spiro atoms. The second kappa shape index (κ2) is 4.08. The maximum absolute atomic E-state index is 12.6. The lowest BCUT2D eigenvalue weighted by molar-refractivity contribution is -0.155. The van der Waals surface area contributed by atoms with Gasteiger partial charge in [-0.2, -0.15) is 0 Å². The number of fused-ring (bicyclic) bond motifs is 1. The minimum Gasteiger partial charge on any atom is -0.467 e. The van der Waals surface area contributed by atoms with Crippen LogP contribution < -0.4 is 0 Å². The van der Waals surface area contributed by atoms with Crippen LogP contribution in [0.25, 0.3) is 0 Å². The molecule has 19 heavy (non-hydrogen) atoms. The van der Waals surface area contributed by atoms with E-state index in [2.05, 4.69) is 0 Å². The van der Waals surface area contributed by atoms with E-state index in [1.807, 2.05) is 25.1 Å². The quantitative estimate of drug-likeness (QED) is 0.761. The molecule has 2 bridgehead atoms. The van der Waals surface area contributed by atoms with Gasteiger partial charge in [-0.3, -0.25) is 4.79 Å². The maximum atomic E-state index is 12.6. The van der Waals surface area contributed by atoms with E-state index in [0.717, 1.165) is 12.8 Å². The number of nitrogens with zero attached hydrogens (tertiary/aromatic N) is 1. The number of esters is 1. The van der Waals surface area contributed by atoms with Gasteiger partial charge in [0.1, 0.15) is 5.54 Å². The third-order valence-corrected chi connectivity index (χ3v) is 4.56. The summed E-state index contributed by atoms with van der Waals surface area (Å²) in [5.41, 5.74) is -0.0867. The summed E-state index contributed by atoms with van der Waals surface area (Å²) in [5, 5.41) is 0. The van der Waals surface area contributed by atoms with E-state index in [1.165, 1.54) is 7.11 Å². The number of benzene rings is 1. The Morgan fingerprint density at radius 2 is 1.89 bits per heavy atom. The van der Waals surface area contributed by atoms with Gasteiger partial charge in [0.2, 0.25) is 0 Å². The van der Waals surface area contributed by atoms with E-state index in [4.69, 9.17) is 4.74 Å². The van der Waals surface area contributed by atoms with Gasteiger partial charge in [-0.25, -0.2) is 4.79 Å². The molecule has 4 rings (SSSR count). The molecule has 3 aliphatic rings. The minimum atomic E-state index is -0.717. The van der Waals surface area contributed by atoms with E-state index in [0.29, 0.717) is 11.5 Å². The van der Waals surface area contributed by atoms with Gasteiger partial charge < -0.3 is 9.64 Å². The highest BCUT2D eigenvalue weighted by atomic mass is 16.5. The second-order valence-electron chi connectivity index (χ2n) is 5.47. The molecule has 1 aromatic carbocycles. The van der Waals surface area contributed by atoms with Crippen LogP contribution in [0.5, 0.6) is 0 Å². The standard InChI is InChI=1S/C15H17NO3/c1-10-12-8-15(9-12,14(18)19-2)16(10)13(17)11-6-4-3-5-7-11/h3-7,10,12H,8-9H2,1-2H3/t10-,12?,15?/m1/s1. The van der Waals surface area contributed by atoms with E-state index in [-0.39, 0.29) is 17.9 Å². The highest BCUT2D eigenvalue weighted by Gasteiger charge is 2.66. The van der Waals surface area contributed by atoms with Gasteiger partial charge in [0.05, 0.1) is 7.11 Å². The molecule has 2 aliphatic heterocycles. The molecule has 3 fully saturated rings. The molecule has 1 saturated carbocycles. The number of rotatable bonds is 2. The van der Waals surface area contributed by atoms with Crippen LogP contribution >= 0.6 is 0 Å². The molecule has 0 unspecified atom stereocenters. The zero-order chi connectivity index (χ0) is 13.6. The average molecular weight is 259 g/mol. The van der Waals surface area contributed by atoms with Crippen LogP contribution in [0.4, 0.5) is 0 Å². The molecular weight excluding hydrogens is 242 g/mol. The molecular formula is C15H17NO3. The molecule has 0 radical (unpaired) electrons. The van der Waals surface area contributed by atoms with E-state index < -0.39 is 5.54 Å². The maximum Gasteiger partial charge on any atom is 0.331 e. The summed E-state index contributed by atoms with van der Waals surface area (Å²) in [7, 11) is 1.39. The smallest absolute Gasteiger partial charge is 0.331 e. The molecule has 4 nitrogen and oxygen atoms in total. The highest BCUT2D eigenvalue weighted by molar-refractivity contribution is 5.99. The van der Waals surface area contributed by atoms with Crippen LogP contribution in [0.3, 0.4) is 0 Å². The zero-order valence-corrected chi connectivity index (χ0v) is 11.1. The summed E-state index contributed by atoms with van der Waals surface area (Å²) >= 11 is 0. The first-order chi connectivity index (χ1) is 9.10. The molecule has 1 atom stereocenters. The van der Waals surface area contributed by atoms with Crippen molar-refractivity contribution in [1.29, 1.82) is 0 Å². The third-order valence-electron chi connectivity index (χ3n) is 4.56. The molecule has 4 heteroatoms. The van der Waals surface area contributed by atoms with Crippen LogP contribution in [0.1, 0.15) is 30.1 Å². The van der Waals surface area contributed by atoms with Crippen LogP contribution in [0.2, 0.25) is 0 Å². The fourth-order valence-corrected chi connectivity index (χ4v) is 3.50. The molecule has 1 amide bonds. The fourth-order valence-electron chi connectivity index (χ4n) is 3.50. The number of methoxy groups -OCH3 is 1. The van der Waals surface area contributed by atoms with Crippen molar-refractivity contribution in [1.82, 2.24) is 4.90 Å². The molecule has 0 N–H and O–H groups in total. The summed E-state index contributed by atoms with van der Waals surface area (Å²) in [4.78, 5) is 26.4. The van der Waals surface area contributed by atoms with Gasteiger partial charge in [0, 0.05) is 11.6 Å². The highest BCUT2D eigenvalue weighted by Crippen LogP contribution is 2.55. The number of ether oxygens (including phenoxy) is 1. The Bertz CT molecular complexity index is 519. The Labute approximate surface area is 112 Å². The molecule has 2 heterocycles. The van der Waals surface area contributed by atoms with Crippen molar-refractivity contribution < 1.29 is 14.3 Å². The largest absolute Gasteiger partial charge is 0.467 e. The van der Waals surface area contributed by atoms with E-state index in [1.54, 1.807) is 17.0 Å². The van der Waals surface area contributed by atoms with Crippen molar-refractivity contribution in [3.63, 3.8) is 0 Å². The number of amides is 1. The number of hydrogen-bond donors (Lipinski definition) is 0. The topological polar surface area (TPSA) is 46.6 Å². The lowest BCUT2D eigenvalue weighted by Crippen LogP contribution is -2.55. The van der Waals surface area contributed by atoms with Gasteiger partial charge >= 0.3 is 5.97 Å². The Morgan fingerprint density at radius 3 is 2.47 bits per heavy atom. The van der Waals surface area contributed by atoms with Crippen LogP contribution in [0, 0.1) is 5.92 Å². The van der Waals surface area contributed by atoms with Gasteiger partial charge in [-0.1, -0.05) is 18.2 Å². The van der Waals surface area contributed by atoms with Crippen molar-refractivity contribution in [3.05, 3.63) is 35.9 Å². The molecule has 1 aliphatic carbocycles. The summed E-state index contributed by atoms with van der Waals surface area (Å²) in [6, 6.07) is 9.23. The van der Waals surface area contributed by atoms with Crippen molar-refractivity contribution in [2.24, 2.45) is 5.92 Å². The predicted molar refractivity (Wildman–Crippen MR) is 69.5 cm³/mol. The van der Waals surface area contributed by atoms with Crippen LogP contribution in [-0.2, 0) is 9.53 Å². The monoisotopic (exact) mass is 259 g/mol.